The van der Waals surface area contributed by atoms with Crippen molar-refractivity contribution in [1.82, 2.24) is 19.8 Å². The molecule has 0 saturated heterocycles. The van der Waals surface area contributed by atoms with Gasteiger partial charge in [0, 0.05) is 36.9 Å². The molecule has 19 heavy (non-hydrogen) atoms. The summed E-state index contributed by atoms with van der Waals surface area (Å²) in [5, 5.41) is 3.49. The van der Waals surface area contributed by atoms with Crippen molar-refractivity contribution >= 4 is 0 Å². The van der Waals surface area contributed by atoms with E-state index in [-0.39, 0.29) is 5.54 Å². The minimum Gasteiger partial charge on any atom is -0.335 e. The van der Waals surface area contributed by atoms with Crippen LogP contribution in [0.3, 0.4) is 0 Å². The second-order valence-corrected chi connectivity index (χ2v) is 5.69. The molecule has 0 radical (unpaired) electrons. The number of nitrogens with one attached hydrogen (secondary N) is 1. The Kier molecular flexibility index (Phi) is 6.01. The van der Waals surface area contributed by atoms with Crippen LogP contribution in [-0.4, -0.2) is 47.2 Å². The average Bonchev–Trinajstić information content (AvgIpc) is 2.82. The SMILES string of the molecule is CCCn1ccnc1CC(NC)C(C)(CC)N(C)C. The fraction of sp³-hybridized carbons (Fsp3) is 0.800. The Balaban J connectivity index is 2.89. The Labute approximate surface area is 118 Å². The minimum atomic E-state index is 0.137. The lowest BCUT2D eigenvalue weighted by molar-refractivity contribution is 0.115. The van der Waals surface area contributed by atoms with Crippen LogP contribution in [-0.2, 0) is 13.0 Å². The highest BCUT2D eigenvalue weighted by Gasteiger charge is 2.34. The van der Waals surface area contributed by atoms with E-state index in [2.05, 4.69) is 67.9 Å². The van der Waals surface area contributed by atoms with Gasteiger partial charge in [-0.1, -0.05) is 13.8 Å². The smallest absolute Gasteiger partial charge is 0.110 e. The number of rotatable bonds is 8. The van der Waals surface area contributed by atoms with Gasteiger partial charge in [-0.15, -0.1) is 0 Å². The summed E-state index contributed by atoms with van der Waals surface area (Å²) in [6, 6.07) is 0.394. The molecule has 0 aliphatic heterocycles. The van der Waals surface area contributed by atoms with E-state index in [0.717, 1.165) is 25.8 Å². The van der Waals surface area contributed by atoms with Crippen LogP contribution >= 0.6 is 0 Å². The Morgan fingerprint density at radius 1 is 1.42 bits per heavy atom. The van der Waals surface area contributed by atoms with Gasteiger partial charge in [0.2, 0.25) is 0 Å². The Morgan fingerprint density at radius 3 is 2.58 bits per heavy atom. The predicted octanol–water partition coefficient (Wildman–Crippen LogP) is 2.15. The van der Waals surface area contributed by atoms with Crippen molar-refractivity contribution in [1.29, 1.82) is 0 Å². The molecule has 1 N–H and O–H groups in total. The molecule has 0 saturated carbocycles. The highest BCUT2D eigenvalue weighted by atomic mass is 15.2. The first-order chi connectivity index (χ1) is 8.99. The molecule has 0 aliphatic carbocycles. The summed E-state index contributed by atoms with van der Waals surface area (Å²) in [6.45, 7) is 7.83. The van der Waals surface area contributed by atoms with E-state index in [9.17, 15) is 0 Å². The predicted molar refractivity (Wildman–Crippen MR) is 81.5 cm³/mol. The first-order valence-corrected chi connectivity index (χ1v) is 7.34. The fourth-order valence-electron chi connectivity index (χ4n) is 2.66. The van der Waals surface area contributed by atoms with Gasteiger partial charge in [0.15, 0.2) is 0 Å². The number of aryl methyl sites for hydroxylation is 1. The molecule has 0 bridgehead atoms. The second kappa shape index (κ2) is 7.06. The minimum absolute atomic E-state index is 0.137. The zero-order valence-corrected chi connectivity index (χ0v) is 13.4. The normalized spacial score (nSPS) is 16.6. The molecule has 0 fully saturated rings. The van der Waals surface area contributed by atoms with Crippen LogP contribution in [0, 0.1) is 0 Å². The Hall–Kier alpha value is -0.870. The lowest BCUT2D eigenvalue weighted by Crippen LogP contribution is -2.57. The summed E-state index contributed by atoms with van der Waals surface area (Å²) in [7, 11) is 6.37. The van der Waals surface area contributed by atoms with E-state index in [4.69, 9.17) is 0 Å². The van der Waals surface area contributed by atoms with E-state index in [1.165, 1.54) is 5.82 Å². The monoisotopic (exact) mass is 266 g/mol. The zero-order chi connectivity index (χ0) is 14.5. The van der Waals surface area contributed by atoms with Crippen molar-refractivity contribution in [3.63, 3.8) is 0 Å². The largest absolute Gasteiger partial charge is 0.335 e. The molecule has 1 aromatic heterocycles. The van der Waals surface area contributed by atoms with Crippen LogP contribution in [0.2, 0.25) is 0 Å². The van der Waals surface area contributed by atoms with E-state index < -0.39 is 0 Å². The third-order valence-corrected chi connectivity index (χ3v) is 4.49. The zero-order valence-electron chi connectivity index (χ0n) is 13.4. The molecular weight excluding hydrogens is 236 g/mol. The molecule has 1 rings (SSSR count). The van der Waals surface area contributed by atoms with E-state index >= 15 is 0 Å². The van der Waals surface area contributed by atoms with Gasteiger partial charge in [-0.2, -0.15) is 0 Å². The maximum atomic E-state index is 4.53. The van der Waals surface area contributed by atoms with Gasteiger partial charge in [0.05, 0.1) is 0 Å². The van der Waals surface area contributed by atoms with Crippen molar-refractivity contribution in [2.75, 3.05) is 21.1 Å². The van der Waals surface area contributed by atoms with Crippen LogP contribution < -0.4 is 5.32 Å². The van der Waals surface area contributed by atoms with Crippen molar-refractivity contribution < 1.29 is 0 Å². The lowest BCUT2D eigenvalue weighted by atomic mass is 9.85. The molecule has 4 nitrogen and oxygen atoms in total. The van der Waals surface area contributed by atoms with E-state index in [1.54, 1.807) is 0 Å². The Morgan fingerprint density at radius 2 is 2.11 bits per heavy atom. The number of nitrogens with zero attached hydrogens (tertiary/aromatic N) is 3. The van der Waals surface area contributed by atoms with Crippen LogP contribution in [0.25, 0.3) is 0 Å². The third kappa shape index (κ3) is 3.57. The van der Waals surface area contributed by atoms with Gasteiger partial charge in [-0.3, -0.25) is 0 Å². The van der Waals surface area contributed by atoms with Gasteiger partial charge < -0.3 is 14.8 Å². The maximum absolute atomic E-state index is 4.53. The van der Waals surface area contributed by atoms with Crippen molar-refractivity contribution in [3.8, 4) is 0 Å². The lowest BCUT2D eigenvalue weighted by Gasteiger charge is -2.42. The summed E-state index contributed by atoms with van der Waals surface area (Å²) in [6.07, 6.45) is 7.22. The van der Waals surface area contributed by atoms with Crippen molar-refractivity contribution in [2.45, 2.75) is 58.2 Å². The van der Waals surface area contributed by atoms with Gasteiger partial charge in [0.1, 0.15) is 5.82 Å². The highest BCUT2D eigenvalue weighted by Crippen LogP contribution is 2.23. The molecule has 4 heteroatoms. The maximum Gasteiger partial charge on any atom is 0.110 e. The quantitative estimate of drug-likeness (QED) is 0.783. The van der Waals surface area contributed by atoms with Gasteiger partial charge in [0.25, 0.3) is 0 Å². The van der Waals surface area contributed by atoms with Crippen LogP contribution in [0.15, 0.2) is 12.4 Å². The van der Waals surface area contributed by atoms with E-state index in [1.807, 2.05) is 6.20 Å². The number of hydrogen-bond acceptors (Lipinski definition) is 3. The molecule has 1 aromatic rings. The highest BCUT2D eigenvalue weighted by molar-refractivity contribution is 5.02. The van der Waals surface area contributed by atoms with Crippen LogP contribution in [0.5, 0.6) is 0 Å². The third-order valence-electron chi connectivity index (χ3n) is 4.49. The number of hydrogen-bond donors (Lipinski definition) is 1. The van der Waals surface area contributed by atoms with Gasteiger partial charge in [-0.05, 0) is 40.9 Å². The molecule has 0 spiro atoms. The van der Waals surface area contributed by atoms with Gasteiger partial charge >= 0.3 is 0 Å². The Bertz CT molecular complexity index is 372. The molecule has 0 aliphatic rings. The van der Waals surface area contributed by atoms with Crippen LogP contribution in [0.1, 0.15) is 39.4 Å². The second-order valence-electron chi connectivity index (χ2n) is 5.69. The van der Waals surface area contributed by atoms with Crippen molar-refractivity contribution in [3.05, 3.63) is 18.2 Å². The molecule has 2 atom stereocenters. The summed E-state index contributed by atoms with van der Waals surface area (Å²) in [4.78, 5) is 6.85. The number of likely N-dealkylation sites (N-methyl/N-ethyl adjacent to an activating group) is 2. The van der Waals surface area contributed by atoms with Crippen LogP contribution in [0.4, 0.5) is 0 Å². The first kappa shape index (κ1) is 16.2. The molecule has 0 aromatic carbocycles. The van der Waals surface area contributed by atoms with Crippen molar-refractivity contribution in [2.24, 2.45) is 0 Å². The standard InChI is InChI=1S/C15H30N4/c1-7-10-19-11-9-17-14(19)12-13(16-4)15(3,8-2)18(5)6/h9,11,13,16H,7-8,10,12H2,1-6H3. The number of aromatic nitrogens is 2. The summed E-state index contributed by atoms with van der Waals surface area (Å²) < 4.78 is 2.27. The molecule has 0 amide bonds. The fourth-order valence-corrected chi connectivity index (χ4v) is 2.66. The summed E-state index contributed by atoms with van der Waals surface area (Å²) in [5.41, 5.74) is 0.137. The number of imidazole rings is 1. The average molecular weight is 266 g/mol. The summed E-state index contributed by atoms with van der Waals surface area (Å²) >= 11 is 0. The molecule has 1 heterocycles. The summed E-state index contributed by atoms with van der Waals surface area (Å²) in [5.74, 6) is 1.18. The first-order valence-electron chi connectivity index (χ1n) is 7.34. The topological polar surface area (TPSA) is 33.1 Å². The van der Waals surface area contributed by atoms with Gasteiger partial charge in [-0.25, -0.2) is 4.98 Å². The van der Waals surface area contributed by atoms with E-state index in [0.29, 0.717) is 6.04 Å². The molecule has 2 unspecified atom stereocenters. The molecular formula is C15H30N4. The molecule has 110 valence electrons.